The molecule has 0 unspecified atom stereocenters. The quantitative estimate of drug-likeness (QED) is 0.216. The lowest BCUT2D eigenvalue weighted by molar-refractivity contribution is 0.0954. The summed E-state index contributed by atoms with van der Waals surface area (Å²) >= 11 is 0. The standard InChI is InChI=1S/C14H12N2O6/c17-9-1-2-10(18)8(3-9)6-15-16-14(22)7-4-11(19)13(21)12(20)5-7/h1-6,17-21H,(H,16,22)/b15-6+. The van der Waals surface area contributed by atoms with Crippen molar-refractivity contribution in [3.05, 3.63) is 41.5 Å². The van der Waals surface area contributed by atoms with Gasteiger partial charge in [0.2, 0.25) is 0 Å². The Balaban J connectivity index is 2.13. The molecule has 0 bridgehead atoms. The molecule has 0 radical (unpaired) electrons. The van der Waals surface area contributed by atoms with Crippen molar-refractivity contribution in [3.63, 3.8) is 0 Å². The molecule has 0 atom stereocenters. The number of hydrazone groups is 1. The van der Waals surface area contributed by atoms with Crippen LogP contribution in [-0.4, -0.2) is 37.7 Å². The number of hydrogen-bond acceptors (Lipinski definition) is 7. The molecule has 2 rings (SSSR count). The van der Waals surface area contributed by atoms with E-state index in [0.717, 1.165) is 18.3 Å². The molecule has 0 saturated heterocycles. The van der Waals surface area contributed by atoms with E-state index < -0.39 is 23.2 Å². The zero-order chi connectivity index (χ0) is 16.3. The molecular formula is C14H12N2O6. The summed E-state index contributed by atoms with van der Waals surface area (Å²) in [6, 6.07) is 5.68. The minimum absolute atomic E-state index is 0.0843. The summed E-state index contributed by atoms with van der Waals surface area (Å²) in [6.45, 7) is 0. The summed E-state index contributed by atoms with van der Waals surface area (Å²) in [5, 5.41) is 50.2. The predicted molar refractivity (Wildman–Crippen MR) is 76.3 cm³/mol. The third-order valence-electron chi connectivity index (χ3n) is 2.71. The van der Waals surface area contributed by atoms with E-state index in [2.05, 4.69) is 10.5 Å². The van der Waals surface area contributed by atoms with Crippen LogP contribution in [0.15, 0.2) is 35.4 Å². The van der Waals surface area contributed by atoms with Crippen LogP contribution in [0.3, 0.4) is 0 Å². The van der Waals surface area contributed by atoms with E-state index in [0.29, 0.717) is 0 Å². The van der Waals surface area contributed by atoms with Gasteiger partial charge in [-0.15, -0.1) is 0 Å². The molecule has 8 nitrogen and oxygen atoms in total. The number of rotatable bonds is 3. The molecule has 0 spiro atoms. The third-order valence-corrected chi connectivity index (χ3v) is 2.71. The summed E-state index contributed by atoms with van der Waals surface area (Å²) in [4.78, 5) is 11.8. The van der Waals surface area contributed by atoms with Gasteiger partial charge in [0.05, 0.1) is 6.21 Å². The van der Waals surface area contributed by atoms with Gasteiger partial charge in [-0.05, 0) is 30.3 Å². The van der Waals surface area contributed by atoms with E-state index in [1.165, 1.54) is 18.2 Å². The van der Waals surface area contributed by atoms with Crippen molar-refractivity contribution in [2.75, 3.05) is 0 Å². The first-order chi connectivity index (χ1) is 10.4. The summed E-state index contributed by atoms with van der Waals surface area (Å²) in [6.07, 6.45) is 1.10. The van der Waals surface area contributed by atoms with Crippen molar-refractivity contribution in [3.8, 4) is 28.7 Å². The number of phenolic OH excluding ortho intramolecular Hbond substituents is 5. The van der Waals surface area contributed by atoms with E-state index in [1.54, 1.807) is 0 Å². The van der Waals surface area contributed by atoms with Crippen molar-refractivity contribution in [2.45, 2.75) is 0 Å². The maximum atomic E-state index is 11.8. The maximum absolute atomic E-state index is 11.8. The number of nitrogens with one attached hydrogen (secondary N) is 1. The molecule has 8 heteroatoms. The molecule has 22 heavy (non-hydrogen) atoms. The van der Waals surface area contributed by atoms with Gasteiger partial charge in [0.1, 0.15) is 11.5 Å². The first-order valence-corrected chi connectivity index (χ1v) is 5.99. The van der Waals surface area contributed by atoms with Crippen LogP contribution < -0.4 is 5.43 Å². The average Bonchev–Trinajstić information content (AvgIpc) is 2.47. The van der Waals surface area contributed by atoms with Gasteiger partial charge in [-0.3, -0.25) is 4.79 Å². The van der Waals surface area contributed by atoms with Crippen LogP contribution in [0.4, 0.5) is 0 Å². The molecule has 2 aromatic carbocycles. The van der Waals surface area contributed by atoms with Gasteiger partial charge < -0.3 is 25.5 Å². The van der Waals surface area contributed by atoms with Crippen molar-refractivity contribution in [1.29, 1.82) is 0 Å². The highest BCUT2D eigenvalue weighted by atomic mass is 16.3. The van der Waals surface area contributed by atoms with Gasteiger partial charge >= 0.3 is 0 Å². The molecule has 0 aliphatic rings. The number of aromatic hydroxyl groups is 5. The van der Waals surface area contributed by atoms with Crippen LogP contribution in [-0.2, 0) is 0 Å². The normalized spacial score (nSPS) is 10.7. The van der Waals surface area contributed by atoms with Gasteiger partial charge in [-0.1, -0.05) is 0 Å². The van der Waals surface area contributed by atoms with E-state index in [9.17, 15) is 30.3 Å². The SMILES string of the molecule is O=C(N/N=C/c1cc(O)ccc1O)c1cc(O)c(O)c(O)c1. The van der Waals surface area contributed by atoms with Gasteiger partial charge in [-0.2, -0.15) is 5.10 Å². The summed E-state index contributed by atoms with van der Waals surface area (Å²) in [5.41, 5.74) is 2.15. The van der Waals surface area contributed by atoms with Crippen LogP contribution in [0, 0.1) is 0 Å². The van der Waals surface area contributed by atoms with Gasteiger partial charge in [0.25, 0.3) is 5.91 Å². The maximum Gasteiger partial charge on any atom is 0.271 e. The first kappa shape index (κ1) is 15.0. The molecule has 2 aromatic rings. The molecule has 1 amide bonds. The predicted octanol–water partition coefficient (Wildman–Crippen LogP) is 0.978. The first-order valence-electron chi connectivity index (χ1n) is 5.99. The number of carbonyl (C=O) groups excluding carboxylic acids is 1. The van der Waals surface area contributed by atoms with E-state index in [4.69, 9.17) is 0 Å². The van der Waals surface area contributed by atoms with Crippen LogP contribution in [0.1, 0.15) is 15.9 Å². The Morgan fingerprint density at radius 3 is 2.23 bits per heavy atom. The molecule has 0 aromatic heterocycles. The molecule has 0 aliphatic carbocycles. The second kappa shape index (κ2) is 5.92. The van der Waals surface area contributed by atoms with E-state index in [1.807, 2.05) is 0 Å². The monoisotopic (exact) mass is 304 g/mol. The minimum Gasteiger partial charge on any atom is -0.508 e. The lowest BCUT2D eigenvalue weighted by Gasteiger charge is -2.04. The van der Waals surface area contributed by atoms with Crippen molar-refractivity contribution in [2.24, 2.45) is 5.10 Å². The smallest absolute Gasteiger partial charge is 0.271 e. The Bertz CT molecular complexity index is 734. The molecule has 114 valence electrons. The van der Waals surface area contributed by atoms with Crippen LogP contribution in [0.2, 0.25) is 0 Å². The molecule has 0 fully saturated rings. The number of benzene rings is 2. The summed E-state index contributed by atoms with van der Waals surface area (Å²) in [5.74, 6) is -3.03. The topological polar surface area (TPSA) is 143 Å². The highest BCUT2D eigenvalue weighted by Crippen LogP contribution is 2.35. The zero-order valence-electron chi connectivity index (χ0n) is 11.1. The lowest BCUT2D eigenvalue weighted by atomic mass is 10.2. The Kier molecular flexibility index (Phi) is 4.03. The summed E-state index contributed by atoms with van der Waals surface area (Å²) < 4.78 is 0. The number of amides is 1. The molecule has 0 saturated carbocycles. The average molecular weight is 304 g/mol. The van der Waals surface area contributed by atoms with Crippen LogP contribution >= 0.6 is 0 Å². The fraction of sp³-hybridized carbons (Fsp3) is 0. The minimum atomic E-state index is -0.763. The number of phenols is 5. The number of carbonyl (C=O) groups is 1. The molecule has 6 N–H and O–H groups in total. The zero-order valence-corrected chi connectivity index (χ0v) is 11.1. The Morgan fingerprint density at radius 1 is 0.955 bits per heavy atom. The Labute approximate surface area is 124 Å². The Hall–Kier alpha value is -3.42. The number of nitrogens with zero attached hydrogens (tertiary/aromatic N) is 1. The largest absolute Gasteiger partial charge is 0.508 e. The van der Waals surface area contributed by atoms with E-state index >= 15 is 0 Å². The van der Waals surface area contributed by atoms with Gasteiger partial charge in [-0.25, -0.2) is 5.43 Å². The number of hydrogen-bond donors (Lipinski definition) is 6. The van der Waals surface area contributed by atoms with Crippen molar-refractivity contribution >= 4 is 12.1 Å². The molecule has 0 heterocycles. The second-order valence-electron chi connectivity index (χ2n) is 4.31. The fourth-order valence-electron chi connectivity index (χ4n) is 1.61. The highest BCUT2D eigenvalue weighted by molar-refractivity contribution is 5.96. The third kappa shape index (κ3) is 3.18. The van der Waals surface area contributed by atoms with Crippen molar-refractivity contribution < 1.29 is 30.3 Å². The van der Waals surface area contributed by atoms with Gasteiger partial charge in [0, 0.05) is 11.1 Å². The molecule has 0 aliphatic heterocycles. The van der Waals surface area contributed by atoms with Crippen molar-refractivity contribution in [1.82, 2.24) is 5.43 Å². The fourth-order valence-corrected chi connectivity index (χ4v) is 1.61. The summed E-state index contributed by atoms with van der Waals surface area (Å²) in [7, 11) is 0. The van der Waals surface area contributed by atoms with E-state index in [-0.39, 0.29) is 22.6 Å². The highest BCUT2D eigenvalue weighted by Gasteiger charge is 2.13. The Morgan fingerprint density at radius 2 is 1.59 bits per heavy atom. The van der Waals surface area contributed by atoms with Crippen LogP contribution in [0.5, 0.6) is 28.7 Å². The lowest BCUT2D eigenvalue weighted by Crippen LogP contribution is -2.17. The molecular weight excluding hydrogens is 292 g/mol. The van der Waals surface area contributed by atoms with Gasteiger partial charge in [0.15, 0.2) is 17.2 Å². The van der Waals surface area contributed by atoms with Crippen LogP contribution in [0.25, 0.3) is 0 Å². The second-order valence-corrected chi connectivity index (χ2v) is 4.31.